The van der Waals surface area contributed by atoms with Gasteiger partial charge in [-0.3, -0.25) is 0 Å². The molecule has 0 aliphatic heterocycles. The molecule has 5 nitrogen and oxygen atoms in total. The predicted octanol–water partition coefficient (Wildman–Crippen LogP) is 2.36. The van der Waals surface area contributed by atoms with Crippen molar-refractivity contribution in [1.82, 2.24) is 0 Å². The van der Waals surface area contributed by atoms with Crippen molar-refractivity contribution >= 4 is 6.21 Å². The number of benzene rings is 1. The van der Waals surface area contributed by atoms with E-state index in [0.29, 0.717) is 31.1 Å². The second-order valence-electron chi connectivity index (χ2n) is 3.32. The second kappa shape index (κ2) is 7.96. The van der Waals surface area contributed by atoms with Crippen LogP contribution >= 0.6 is 0 Å². The molecule has 0 N–H and O–H groups in total. The second-order valence-corrected chi connectivity index (χ2v) is 3.32. The van der Waals surface area contributed by atoms with Gasteiger partial charge in [0, 0.05) is 5.56 Å². The van der Waals surface area contributed by atoms with Gasteiger partial charge in [-0.05, 0) is 25.1 Å². The number of hydrogen-bond donors (Lipinski definition) is 0. The van der Waals surface area contributed by atoms with E-state index >= 15 is 0 Å². The fourth-order valence-corrected chi connectivity index (χ4v) is 1.28. The topological polar surface area (TPSA) is 63.8 Å². The molecule has 0 saturated heterocycles. The van der Waals surface area contributed by atoms with Gasteiger partial charge < -0.3 is 14.3 Å². The lowest BCUT2D eigenvalue weighted by Gasteiger charge is -2.09. The van der Waals surface area contributed by atoms with E-state index in [-0.39, 0.29) is 0 Å². The number of methoxy groups -OCH3 is 1. The van der Waals surface area contributed by atoms with Gasteiger partial charge in [0.2, 0.25) is 0 Å². The molecule has 1 rings (SSSR count). The largest absolute Gasteiger partial charge is 0.493 e. The van der Waals surface area contributed by atoms with E-state index in [9.17, 15) is 0 Å². The molecule has 1 aromatic carbocycles. The Bertz CT molecular complexity index is 438. The summed E-state index contributed by atoms with van der Waals surface area (Å²) in [5.74, 6) is 1.35. The average Bonchev–Trinajstić information content (AvgIpc) is 2.40. The first kappa shape index (κ1) is 13.8. The molecule has 0 unspecified atom stereocenters. The summed E-state index contributed by atoms with van der Waals surface area (Å²) in [6.45, 7) is 2.79. The lowest BCUT2D eigenvalue weighted by molar-refractivity contribution is 0.152. The van der Waals surface area contributed by atoms with Gasteiger partial charge in [-0.2, -0.15) is 5.26 Å². The zero-order chi connectivity index (χ0) is 13.2. The molecule has 0 aromatic heterocycles. The average molecular weight is 248 g/mol. The fraction of sp³-hybridized carbons (Fsp3) is 0.385. The number of rotatable bonds is 7. The van der Waals surface area contributed by atoms with Gasteiger partial charge in [-0.25, -0.2) is 0 Å². The van der Waals surface area contributed by atoms with Crippen LogP contribution in [0, 0.1) is 11.3 Å². The molecule has 0 bridgehead atoms. The van der Waals surface area contributed by atoms with Gasteiger partial charge in [0.05, 0.1) is 32.4 Å². The maximum absolute atomic E-state index is 8.32. The molecule has 0 aliphatic carbocycles. The van der Waals surface area contributed by atoms with Crippen molar-refractivity contribution in [3.8, 4) is 17.6 Å². The van der Waals surface area contributed by atoms with Gasteiger partial charge in [-0.15, -0.1) is 0 Å². The minimum Gasteiger partial charge on any atom is -0.493 e. The van der Waals surface area contributed by atoms with E-state index in [2.05, 4.69) is 5.16 Å². The maximum atomic E-state index is 8.32. The number of nitrogens with zero attached hydrogens (tertiary/aromatic N) is 2. The van der Waals surface area contributed by atoms with Crippen LogP contribution in [0.25, 0.3) is 0 Å². The van der Waals surface area contributed by atoms with Crippen molar-refractivity contribution in [3.63, 3.8) is 0 Å². The molecule has 0 aliphatic rings. The van der Waals surface area contributed by atoms with Gasteiger partial charge in [0.15, 0.2) is 11.5 Å². The molecule has 0 amide bonds. The number of ether oxygens (including phenoxy) is 2. The summed E-state index contributed by atoms with van der Waals surface area (Å²) in [5.41, 5.74) is 0.840. The van der Waals surface area contributed by atoms with Gasteiger partial charge in [-0.1, -0.05) is 5.16 Å². The third kappa shape index (κ3) is 4.34. The van der Waals surface area contributed by atoms with Crippen LogP contribution in [0.4, 0.5) is 0 Å². The van der Waals surface area contributed by atoms with E-state index in [4.69, 9.17) is 19.6 Å². The van der Waals surface area contributed by atoms with E-state index in [1.54, 1.807) is 13.3 Å². The maximum Gasteiger partial charge on any atom is 0.161 e. The minimum absolute atomic E-state index is 0.293. The van der Waals surface area contributed by atoms with E-state index < -0.39 is 0 Å². The summed E-state index contributed by atoms with van der Waals surface area (Å²) in [4.78, 5) is 4.90. The van der Waals surface area contributed by atoms with Crippen LogP contribution in [0.3, 0.4) is 0 Å². The molecule has 0 fully saturated rings. The zero-order valence-electron chi connectivity index (χ0n) is 10.5. The molecule has 5 heteroatoms. The smallest absolute Gasteiger partial charge is 0.161 e. The van der Waals surface area contributed by atoms with Crippen LogP contribution in [-0.4, -0.2) is 26.5 Å². The summed E-state index contributed by atoms with van der Waals surface area (Å²) in [6.07, 6.45) is 1.89. The van der Waals surface area contributed by atoms with E-state index in [0.717, 1.165) is 5.56 Å². The van der Waals surface area contributed by atoms with Crippen LogP contribution in [0.2, 0.25) is 0 Å². The summed E-state index contributed by atoms with van der Waals surface area (Å²) in [6, 6.07) is 7.45. The highest BCUT2D eigenvalue weighted by atomic mass is 16.6. The molecule has 18 heavy (non-hydrogen) atoms. The Kier molecular flexibility index (Phi) is 6.12. The van der Waals surface area contributed by atoms with Crippen LogP contribution in [-0.2, 0) is 4.84 Å². The first-order valence-corrected chi connectivity index (χ1v) is 5.65. The SMILES string of the molecule is CCOc1ccc(/C=N/OCCC#N)cc1OC. The summed E-state index contributed by atoms with van der Waals surface area (Å²) < 4.78 is 10.6. The van der Waals surface area contributed by atoms with Crippen molar-refractivity contribution in [2.45, 2.75) is 13.3 Å². The Labute approximate surface area is 107 Å². The first-order valence-electron chi connectivity index (χ1n) is 5.65. The standard InChI is InChI=1S/C13H16N2O3/c1-3-17-12-6-5-11(9-13(12)16-2)10-15-18-8-4-7-14/h5-6,9-10H,3-4,8H2,1-2H3/b15-10+. The highest BCUT2D eigenvalue weighted by Gasteiger charge is 2.03. The molecule has 0 saturated carbocycles. The normalized spacial score (nSPS) is 10.1. The Morgan fingerprint density at radius 3 is 2.89 bits per heavy atom. The Morgan fingerprint density at radius 2 is 2.22 bits per heavy atom. The van der Waals surface area contributed by atoms with Crippen LogP contribution < -0.4 is 9.47 Å². The lowest BCUT2D eigenvalue weighted by Crippen LogP contribution is -1.96. The molecular formula is C13H16N2O3. The number of nitriles is 1. The van der Waals surface area contributed by atoms with Gasteiger partial charge in [0.25, 0.3) is 0 Å². The molecule has 0 atom stereocenters. The quantitative estimate of drug-likeness (QED) is 0.422. The van der Waals surface area contributed by atoms with Gasteiger partial charge in [0.1, 0.15) is 6.61 Å². The highest BCUT2D eigenvalue weighted by molar-refractivity contribution is 5.80. The van der Waals surface area contributed by atoms with Crippen LogP contribution in [0.1, 0.15) is 18.9 Å². The first-order chi connectivity index (χ1) is 8.81. The molecule has 0 spiro atoms. The fourth-order valence-electron chi connectivity index (χ4n) is 1.28. The van der Waals surface area contributed by atoms with Crippen LogP contribution in [0.15, 0.2) is 23.4 Å². The third-order valence-electron chi connectivity index (χ3n) is 2.07. The van der Waals surface area contributed by atoms with Crippen molar-refractivity contribution < 1.29 is 14.3 Å². The molecule has 1 aromatic rings. The van der Waals surface area contributed by atoms with Crippen molar-refractivity contribution in [1.29, 1.82) is 5.26 Å². The predicted molar refractivity (Wildman–Crippen MR) is 67.9 cm³/mol. The summed E-state index contributed by atoms with van der Waals surface area (Å²) >= 11 is 0. The number of hydrogen-bond acceptors (Lipinski definition) is 5. The number of oxime groups is 1. The Morgan fingerprint density at radius 1 is 1.39 bits per heavy atom. The lowest BCUT2D eigenvalue weighted by atomic mass is 10.2. The van der Waals surface area contributed by atoms with Crippen molar-refractivity contribution in [2.75, 3.05) is 20.3 Å². The van der Waals surface area contributed by atoms with E-state index in [1.807, 2.05) is 31.2 Å². The Hall–Kier alpha value is -2.22. The van der Waals surface area contributed by atoms with Crippen molar-refractivity contribution in [2.24, 2.45) is 5.16 Å². The minimum atomic E-state index is 0.293. The van der Waals surface area contributed by atoms with Crippen LogP contribution in [0.5, 0.6) is 11.5 Å². The van der Waals surface area contributed by atoms with Gasteiger partial charge >= 0.3 is 0 Å². The Balaban J connectivity index is 2.64. The molecular weight excluding hydrogens is 232 g/mol. The van der Waals surface area contributed by atoms with E-state index in [1.165, 1.54) is 0 Å². The highest BCUT2D eigenvalue weighted by Crippen LogP contribution is 2.27. The summed E-state index contributed by atoms with van der Waals surface area (Å²) in [7, 11) is 1.59. The monoisotopic (exact) mass is 248 g/mol. The molecule has 96 valence electrons. The summed E-state index contributed by atoms with van der Waals surface area (Å²) in [5, 5.41) is 12.1. The zero-order valence-corrected chi connectivity index (χ0v) is 10.5. The van der Waals surface area contributed by atoms with Crippen molar-refractivity contribution in [3.05, 3.63) is 23.8 Å². The molecule has 0 heterocycles. The third-order valence-corrected chi connectivity index (χ3v) is 2.07. The molecule has 0 radical (unpaired) electrons.